The van der Waals surface area contributed by atoms with E-state index in [1.54, 1.807) is 0 Å². The van der Waals surface area contributed by atoms with Gasteiger partial charge in [-0.05, 0) is 148 Å². The van der Waals surface area contributed by atoms with Crippen molar-refractivity contribution in [2.75, 3.05) is 4.90 Å². The largest absolute Gasteiger partial charge is 0.314 e. The molecule has 2 aliphatic carbocycles. The van der Waals surface area contributed by atoms with Crippen LogP contribution in [0.1, 0.15) is 70.6 Å². The van der Waals surface area contributed by atoms with Crippen molar-refractivity contribution >= 4 is 44.3 Å². The minimum atomic E-state index is -0.0726. The summed E-state index contributed by atoms with van der Waals surface area (Å²) in [5, 5.41) is 2.50. The van der Waals surface area contributed by atoms with E-state index in [0.717, 1.165) is 41.9 Å². The van der Waals surface area contributed by atoms with Gasteiger partial charge >= 0.3 is 0 Å². The van der Waals surface area contributed by atoms with Crippen molar-refractivity contribution in [3.05, 3.63) is 247 Å². The molecule has 0 unspecified atom stereocenters. The first-order chi connectivity index (χ1) is 32.9. The standard InChI is InChI=1S/C63H52N2.C2H6/c1-5-43(6-2)44-35-37-51(38-36-44)64(53-25-18-28-55-54-26-13-15-29-59(54)63(3,4)60(55)42-53)52-24-17-21-48(39-52)45-31-33-46(34-32-45)49-40-57(47-19-9-7-10-20-47)62-58(41-49)56-27-14-16-30-61(56)65(62)50-22-11-8-12-23-50;1-2/h5-17,19-24,26-27,29-42H,1,18,25,28H2,2-4H3;1-2H3/b43-6+;. The predicted octanol–water partition coefficient (Wildman–Crippen LogP) is 18.4. The molecule has 9 aromatic rings. The molecular formula is C65H58N2. The molecule has 0 radical (unpaired) electrons. The van der Waals surface area contributed by atoms with Gasteiger partial charge in [-0.15, -0.1) is 0 Å². The van der Waals surface area contributed by atoms with E-state index in [0.29, 0.717) is 0 Å². The van der Waals surface area contributed by atoms with E-state index in [1.165, 1.54) is 88.7 Å². The molecule has 2 nitrogen and oxygen atoms in total. The van der Waals surface area contributed by atoms with Crippen molar-refractivity contribution < 1.29 is 0 Å². The molecule has 11 rings (SSSR count). The van der Waals surface area contributed by atoms with Gasteiger partial charge in [-0.2, -0.15) is 0 Å². The third-order valence-electron chi connectivity index (χ3n) is 13.9. The highest BCUT2D eigenvalue weighted by molar-refractivity contribution is 6.15. The molecule has 0 atom stereocenters. The normalized spacial score (nSPS) is 14.2. The summed E-state index contributed by atoms with van der Waals surface area (Å²) in [5.41, 5.74) is 22.4. The fraction of sp³-hybridized carbons (Fsp3) is 0.138. The summed E-state index contributed by atoms with van der Waals surface area (Å²) in [6, 6.07) is 71.5. The number of hydrogen-bond donors (Lipinski definition) is 0. The van der Waals surface area contributed by atoms with E-state index < -0.39 is 0 Å². The fourth-order valence-corrected chi connectivity index (χ4v) is 10.7. The van der Waals surface area contributed by atoms with Crippen LogP contribution in [0.5, 0.6) is 0 Å². The zero-order valence-electron chi connectivity index (χ0n) is 39.4. The highest BCUT2D eigenvalue weighted by atomic mass is 15.1. The van der Waals surface area contributed by atoms with Crippen LogP contribution in [0.2, 0.25) is 0 Å². The molecule has 0 saturated carbocycles. The van der Waals surface area contributed by atoms with Crippen molar-refractivity contribution in [3.63, 3.8) is 0 Å². The summed E-state index contributed by atoms with van der Waals surface area (Å²) in [4.78, 5) is 2.51. The summed E-state index contributed by atoms with van der Waals surface area (Å²) in [5.74, 6) is 0. The summed E-state index contributed by atoms with van der Waals surface area (Å²) in [7, 11) is 0. The lowest BCUT2D eigenvalue weighted by molar-refractivity contribution is 0.652. The number of fused-ring (bicyclic) bond motifs is 5. The van der Waals surface area contributed by atoms with Crippen LogP contribution in [0.4, 0.5) is 11.4 Å². The van der Waals surface area contributed by atoms with Crippen molar-refractivity contribution in [2.24, 2.45) is 0 Å². The zero-order chi connectivity index (χ0) is 46.1. The van der Waals surface area contributed by atoms with Crippen molar-refractivity contribution in [1.82, 2.24) is 4.57 Å². The van der Waals surface area contributed by atoms with Gasteiger partial charge in [0.15, 0.2) is 0 Å². The number of aromatic nitrogens is 1. The Balaban J connectivity index is 0.00000259. The maximum absolute atomic E-state index is 4.08. The molecule has 0 amide bonds. The van der Waals surface area contributed by atoms with E-state index in [1.807, 2.05) is 19.9 Å². The van der Waals surface area contributed by atoms with Gasteiger partial charge in [0.2, 0.25) is 0 Å². The number of anilines is 2. The average molecular weight is 867 g/mol. The van der Waals surface area contributed by atoms with Crippen LogP contribution in [-0.4, -0.2) is 4.57 Å². The molecular weight excluding hydrogens is 809 g/mol. The summed E-state index contributed by atoms with van der Waals surface area (Å²) in [6.45, 7) is 14.9. The van der Waals surface area contributed by atoms with Gasteiger partial charge in [0.05, 0.1) is 11.0 Å². The van der Waals surface area contributed by atoms with Gasteiger partial charge in [0.1, 0.15) is 0 Å². The van der Waals surface area contributed by atoms with Gasteiger partial charge in [-0.1, -0.05) is 186 Å². The number of hydrogen-bond acceptors (Lipinski definition) is 1. The SMILES string of the molecule is C=C/C(=C\C)c1ccc(N(C2=CC3=C(CCC2)c2ccccc2C3(C)C)c2cccc(-c3ccc(-c4cc(-c5ccccc5)c5c(c4)c4ccccc4n5-c4ccccc4)cc3)c2)cc1.CC. The third kappa shape index (κ3) is 7.77. The van der Waals surface area contributed by atoms with Gasteiger partial charge in [0, 0.05) is 44.5 Å². The monoisotopic (exact) mass is 866 g/mol. The smallest absolute Gasteiger partial charge is 0.0619 e. The lowest BCUT2D eigenvalue weighted by Crippen LogP contribution is -2.20. The van der Waals surface area contributed by atoms with E-state index in [4.69, 9.17) is 0 Å². The Morgan fingerprint density at radius 1 is 0.567 bits per heavy atom. The maximum atomic E-state index is 4.08. The lowest BCUT2D eigenvalue weighted by atomic mass is 9.81. The number of allylic oxidation sites excluding steroid dienone is 7. The van der Waals surface area contributed by atoms with Crippen LogP contribution in [-0.2, 0) is 5.41 Å². The second-order valence-corrected chi connectivity index (χ2v) is 18.0. The minimum absolute atomic E-state index is 0.0726. The molecule has 0 bridgehead atoms. The van der Waals surface area contributed by atoms with E-state index in [9.17, 15) is 0 Å². The van der Waals surface area contributed by atoms with Crippen molar-refractivity contribution in [2.45, 2.75) is 59.3 Å². The van der Waals surface area contributed by atoms with Crippen molar-refractivity contribution in [3.8, 4) is 39.1 Å². The lowest BCUT2D eigenvalue weighted by Gasteiger charge is -2.30. The zero-order valence-corrected chi connectivity index (χ0v) is 39.4. The van der Waals surface area contributed by atoms with E-state index >= 15 is 0 Å². The Hall–Kier alpha value is -7.68. The molecule has 67 heavy (non-hydrogen) atoms. The Bertz CT molecular complexity index is 3360. The number of nitrogens with zero attached hydrogens (tertiary/aromatic N) is 2. The molecule has 0 fully saturated rings. The van der Waals surface area contributed by atoms with Crippen LogP contribution in [0.15, 0.2) is 230 Å². The number of benzene rings is 8. The Kier molecular flexibility index (Phi) is 11.8. The van der Waals surface area contributed by atoms with Gasteiger partial charge in [0.25, 0.3) is 0 Å². The molecule has 328 valence electrons. The summed E-state index contributed by atoms with van der Waals surface area (Å²) in [6.07, 6.45) is 9.74. The van der Waals surface area contributed by atoms with Crippen LogP contribution in [0.3, 0.4) is 0 Å². The molecule has 1 heterocycles. The Labute approximate surface area is 397 Å². The highest BCUT2D eigenvalue weighted by Crippen LogP contribution is 2.51. The highest BCUT2D eigenvalue weighted by Gasteiger charge is 2.37. The molecule has 1 aromatic heterocycles. The van der Waals surface area contributed by atoms with E-state index in [2.05, 4.69) is 243 Å². The van der Waals surface area contributed by atoms with Gasteiger partial charge in [-0.3, -0.25) is 0 Å². The second kappa shape index (κ2) is 18.3. The minimum Gasteiger partial charge on any atom is -0.314 e. The molecule has 2 aliphatic rings. The Morgan fingerprint density at radius 3 is 1.96 bits per heavy atom. The Morgan fingerprint density at radius 2 is 1.22 bits per heavy atom. The van der Waals surface area contributed by atoms with Crippen LogP contribution in [0, 0.1) is 0 Å². The number of para-hydroxylation sites is 2. The van der Waals surface area contributed by atoms with Crippen LogP contribution in [0.25, 0.3) is 72.0 Å². The summed E-state index contributed by atoms with van der Waals surface area (Å²) >= 11 is 0. The first-order valence-electron chi connectivity index (χ1n) is 24.0. The maximum Gasteiger partial charge on any atom is 0.0619 e. The van der Waals surface area contributed by atoms with E-state index in [-0.39, 0.29) is 5.41 Å². The topological polar surface area (TPSA) is 8.17 Å². The molecule has 0 saturated heterocycles. The molecule has 0 N–H and O–H groups in total. The van der Waals surface area contributed by atoms with Crippen LogP contribution >= 0.6 is 0 Å². The molecule has 0 aliphatic heterocycles. The van der Waals surface area contributed by atoms with Gasteiger partial charge < -0.3 is 9.47 Å². The fourth-order valence-electron chi connectivity index (χ4n) is 10.7. The predicted molar refractivity (Wildman–Crippen MR) is 289 cm³/mol. The average Bonchev–Trinajstić information content (AvgIpc) is 3.70. The molecule has 0 spiro atoms. The first-order valence-corrected chi connectivity index (χ1v) is 24.0. The number of rotatable bonds is 9. The van der Waals surface area contributed by atoms with Gasteiger partial charge in [-0.25, -0.2) is 0 Å². The third-order valence-corrected chi connectivity index (χ3v) is 13.9. The van der Waals surface area contributed by atoms with Crippen molar-refractivity contribution in [1.29, 1.82) is 0 Å². The first kappa shape index (κ1) is 43.2. The molecule has 2 heteroatoms. The van der Waals surface area contributed by atoms with Crippen LogP contribution < -0.4 is 4.90 Å². The second-order valence-electron chi connectivity index (χ2n) is 18.0. The quantitative estimate of drug-likeness (QED) is 0.131. The molecule has 8 aromatic carbocycles. The summed E-state index contributed by atoms with van der Waals surface area (Å²) < 4.78 is 2.43.